The molecule has 224 valence electrons. The van der Waals surface area contributed by atoms with Gasteiger partial charge in [0.25, 0.3) is 6.43 Å². The molecule has 0 bridgehead atoms. The molecule has 1 unspecified atom stereocenters. The second kappa shape index (κ2) is 12.5. The lowest BCUT2D eigenvalue weighted by Crippen LogP contribution is -2.48. The van der Waals surface area contributed by atoms with Crippen molar-refractivity contribution in [2.45, 2.75) is 31.1 Å². The molecule has 0 aliphatic heterocycles. The maximum Gasteiger partial charge on any atom is 0.323 e. The Morgan fingerprint density at radius 3 is 2.11 bits per heavy atom. The van der Waals surface area contributed by atoms with Crippen LogP contribution in [0.1, 0.15) is 39.9 Å². The van der Waals surface area contributed by atoms with Crippen LogP contribution in [0.5, 0.6) is 5.75 Å². The van der Waals surface area contributed by atoms with Crippen LogP contribution in [0.3, 0.4) is 0 Å². The van der Waals surface area contributed by atoms with Crippen LogP contribution < -0.4 is 4.74 Å². The van der Waals surface area contributed by atoms with Crippen molar-refractivity contribution >= 4 is 0 Å². The summed E-state index contributed by atoms with van der Waals surface area (Å²) in [6.45, 7) is -0.907. The minimum absolute atomic E-state index is 0.0735. The second-order valence-electron chi connectivity index (χ2n) is 9.48. The number of hydrogen-bond acceptors (Lipinski definition) is 7. The molecular weight excluding hydrogens is 590 g/mol. The Balaban J connectivity index is 1.30. The third-order valence-corrected chi connectivity index (χ3v) is 6.52. The van der Waals surface area contributed by atoms with Gasteiger partial charge in [-0.3, -0.25) is 4.98 Å². The van der Waals surface area contributed by atoms with Gasteiger partial charge in [0.2, 0.25) is 0 Å². The molecule has 5 rings (SSSR count). The van der Waals surface area contributed by atoms with Crippen LogP contribution in [0.2, 0.25) is 0 Å². The van der Waals surface area contributed by atoms with Crippen LogP contribution >= 0.6 is 0 Å². The van der Waals surface area contributed by atoms with Gasteiger partial charge in [0, 0.05) is 34.5 Å². The fourth-order valence-corrected chi connectivity index (χ4v) is 4.16. The lowest BCUT2D eigenvalue weighted by atomic mass is 9.84. The lowest BCUT2D eigenvalue weighted by Gasteiger charge is -2.35. The Bertz CT molecular complexity index is 1770. The number of ether oxygens (including phenoxy) is 1. The average Bonchev–Trinajstić information content (AvgIpc) is 3.52. The van der Waals surface area contributed by atoms with Gasteiger partial charge in [-0.1, -0.05) is 36.1 Å². The van der Waals surface area contributed by atoms with Crippen LogP contribution in [0.4, 0.5) is 26.3 Å². The molecule has 1 N–H and O–H groups in total. The standard InChI is InChI=1S/C30H20F6N6O2/c31-23-10-13-25(26(32)15-23)29(43,18-42-40-38-39-41-42)30(35,36)27-14-7-20(16-37-27)2-1-19-5-11-24(12-6-19)44-17-21-3-8-22(9-4-21)28(33)34/h3-16,28,43H,17-18H2. The number of halogens is 6. The molecule has 2 heterocycles. The van der Waals surface area contributed by atoms with E-state index in [4.69, 9.17) is 4.74 Å². The number of alkyl halides is 4. The zero-order valence-corrected chi connectivity index (χ0v) is 22.4. The van der Waals surface area contributed by atoms with Crippen LogP contribution in [0.15, 0.2) is 85.1 Å². The molecular formula is C30H20F6N6O2. The average molecular weight is 611 g/mol. The normalized spacial score (nSPS) is 12.8. The fourth-order valence-electron chi connectivity index (χ4n) is 4.16. The summed E-state index contributed by atoms with van der Waals surface area (Å²) in [7, 11) is 0. The molecule has 5 aromatic rings. The van der Waals surface area contributed by atoms with Crippen molar-refractivity contribution in [2.75, 3.05) is 0 Å². The van der Waals surface area contributed by atoms with Gasteiger partial charge in [0.15, 0.2) is 5.60 Å². The Morgan fingerprint density at radius 2 is 1.50 bits per heavy atom. The topological polar surface area (TPSA) is 98.8 Å². The molecule has 0 amide bonds. The third-order valence-electron chi connectivity index (χ3n) is 6.52. The number of aromatic nitrogens is 6. The lowest BCUT2D eigenvalue weighted by molar-refractivity contribution is -0.209. The number of pyridine rings is 1. The summed E-state index contributed by atoms with van der Waals surface area (Å²) in [6, 6.07) is 16.4. The van der Waals surface area contributed by atoms with E-state index in [9.17, 15) is 22.7 Å². The van der Waals surface area contributed by atoms with E-state index in [1.54, 1.807) is 36.4 Å². The van der Waals surface area contributed by atoms with Crippen LogP contribution in [0, 0.1) is 23.5 Å². The Morgan fingerprint density at radius 1 is 0.841 bits per heavy atom. The summed E-state index contributed by atoms with van der Waals surface area (Å²) >= 11 is 0. The zero-order valence-electron chi connectivity index (χ0n) is 22.4. The molecule has 14 heteroatoms. The van der Waals surface area contributed by atoms with Crippen molar-refractivity contribution in [3.8, 4) is 17.6 Å². The Hall–Kier alpha value is -5.29. The minimum atomic E-state index is -4.23. The second-order valence-corrected chi connectivity index (χ2v) is 9.48. The number of benzene rings is 3. The molecule has 1 atom stereocenters. The molecule has 3 aromatic carbocycles. The van der Waals surface area contributed by atoms with Crippen molar-refractivity contribution in [1.29, 1.82) is 0 Å². The molecule has 0 spiro atoms. The minimum Gasteiger partial charge on any atom is -0.489 e. The van der Waals surface area contributed by atoms with Gasteiger partial charge in [-0.05, 0) is 74.9 Å². The highest BCUT2D eigenvalue weighted by Gasteiger charge is 2.58. The molecule has 0 saturated heterocycles. The van der Waals surface area contributed by atoms with Crippen LogP contribution in [0.25, 0.3) is 0 Å². The summed E-state index contributed by atoms with van der Waals surface area (Å²) in [6.07, 6.45) is -1.48. The van der Waals surface area contributed by atoms with Gasteiger partial charge in [-0.2, -0.15) is 8.78 Å². The fraction of sp³-hybridized carbons (Fsp3) is 0.167. The van der Waals surface area contributed by atoms with E-state index in [1.807, 2.05) is 0 Å². The predicted octanol–water partition coefficient (Wildman–Crippen LogP) is 5.34. The van der Waals surface area contributed by atoms with E-state index < -0.39 is 47.4 Å². The van der Waals surface area contributed by atoms with Gasteiger partial charge in [-0.15, -0.1) is 4.80 Å². The van der Waals surface area contributed by atoms with Crippen LogP contribution in [-0.4, -0.2) is 35.7 Å². The number of hydrogen-bond donors (Lipinski definition) is 1. The first-order chi connectivity index (χ1) is 21.0. The van der Waals surface area contributed by atoms with E-state index in [0.717, 1.165) is 18.3 Å². The maximum atomic E-state index is 15.8. The van der Waals surface area contributed by atoms with Crippen molar-refractivity contribution in [2.24, 2.45) is 0 Å². The third kappa shape index (κ3) is 6.52. The first-order valence-corrected chi connectivity index (χ1v) is 12.8. The molecule has 8 nitrogen and oxygen atoms in total. The van der Waals surface area contributed by atoms with Crippen molar-refractivity contribution in [1.82, 2.24) is 30.6 Å². The molecule has 0 fully saturated rings. The van der Waals surface area contributed by atoms with Crippen molar-refractivity contribution < 1.29 is 36.2 Å². The predicted molar refractivity (Wildman–Crippen MR) is 142 cm³/mol. The summed E-state index contributed by atoms with van der Waals surface area (Å²) < 4.78 is 90.9. The highest BCUT2D eigenvalue weighted by molar-refractivity contribution is 5.44. The van der Waals surface area contributed by atoms with Gasteiger partial charge in [0.1, 0.15) is 36.2 Å². The summed E-state index contributed by atoms with van der Waals surface area (Å²) in [5.41, 5.74) is -3.67. The SMILES string of the molecule is OC(Cn1nnnn1)(c1ccc(F)cc1F)C(F)(F)c1ccc(C#Cc2ccc(OCc3ccc(C(F)F)cc3)cc2)cn1. The molecule has 0 radical (unpaired) electrons. The van der Waals surface area contributed by atoms with E-state index >= 15 is 8.78 Å². The van der Waals surface area contributed by atoms with E-state index in [-0.39, 0.29) is 17.7 Å². The smallest absolute Gasteiger partial charge is 0.323 e. The first kappa shape index (κ1) is 30.2. The quantitative estimate of drug-likeness (QED) is 0.178. The molecule has 0 aliphatic carbocycles. The summed E-state index contributed by atoms with van der Waals surface area (Å²) in [5.74, 6) is -0.502. The van der Waals surface area contributed by atoms with Gasteiger partial charge < -0.3 is 9.84 Å². The van der Waals surface area contributed by atoms with Gasteiger partial charge in [0.05, 0.1) is 0 Å². The zero-order chi connectivity index (χ0) is 31.3. The first-order valence-electron chi connectivity index (χ1n) is 12.8. The molecule has 44 heavy (non-hydrogen) atoms. The monoisotopic (exact) mass is 610 g/mol. The van der Waals surface area contributed by atoms with E-state index in [0.29, 0.717) is 33.8 Å². The van der Waals surface area contributed by atoms with Gasteiger partial charge >= 0.3 is 5.92 Å². The molecule has 0 aliphatic rings. The number of aliphatic hydroxyl groups is 1. The molecule has 2 aromatic heterocycles. The van der Waals surface area contributed by atoms with E-state index in [1.165, 1.54) is 18.2 Å². The highest BCUT2D eigenvalue weighted by atomic mass is 19.3. The van der Waals surface area contributed by atoms with E-state index in [2.05, 4.69) is 37.7 Å². The number of nitrogens with zero attached hydrogens (tertiary/aromatic N) is 6. The Kier molecular flexibility index (Phi) is 8.59. The largest absolute Gasteiger partial charge is 0.489 e. The van der Waals surface area contributed by atoms with Crippen LogP contribution in [-0.2, 0) is 24.7 Å². The molecule has 0 saturated carbocycles. The summed E-state index contributed by atoms with van der Waals surface area (Å²) in [5, 5.41) is 24.3. The maximum absolute atomic E-state index is 15.8. The Labute approximate surface area is 245 Å². The van der Waals surface area contributed by atoms with Gasteiger partial charge in [-0.25, -0.2) is 17.6 Å². The van der Waals surface area contributed by atoms with Crippen molar-refractivity contribution in [3.63, 3.8) is 0 Å². The highest BCUT2D eigenvalue weighted by Crippen LogP contribution is 2.46. The van der Waals surface area contributed by atoms with Crippen molar-refractivity contribution in [3.05, 3.63) is 130 Å². The number of rotatable bonds is 9. The summed E-state index contributed by atoms with van der Waals surface area (Å²) in [4.78, 5) is 4.30.